The molecule has 1 amide bonds. The van der Waals surface area contributed by atoms with Gasteiger partial charge >= 0.3 is 0 Å². The molecule has 3 N–H and O–H groups in total. The number of ether oxygens (including phenoxy) is 1. The molecule has 1 fully saturated rings. The number of hydrogen-bond donors (Lipinski definition) is 2. The molecule has 2 aromatic rings. The second kappa shape index (κ2) is 9.20. The summed E-state index contributed by atoms with van der Waals surface area (Å²) in [5.41, 5.74) is 1.20. The fraction of sp³-hybridized carbons (Fsp3) is 0.400. The zero-order valence-corrected chi connectivity index (χ0v) is 15.3. The number of pyridine rings is 1. The molecule has 0 aliphatic carbocycles. The van der Waals surface area contributed by atoms with Crippen LogP contribution >= 0.6 is 0 Å². The minimum atomic E-state index is 0.133. The number of H-pyrrole nitrogens is 1. The van der Waals surface area contributed by atoms with E-state index in [-0.39, 0.29) is 5.91 Å². The number of quaternary nitrogens is 1. The summed E-state index contributed by atoms with van der Waals surface area (Å²) in [4.78, 5) is 19.1. The average Bonchev–Trinajstić information content (AvgIpc) is 2.70. The van der Waals surface area contributed by atoms with Crippen molar-refractivity contribution in [2.75, 3.05) is 51.3 Å². The van der Waals surface area contributed by atoms with Crippen molar-refractivity contribution in [3.63, 3.8) is 0 Å². The topological polar surface area (TPSA) is 60.1 Å². The first-order valence-electron chi connectivity index (χ1n) is 9.19. The van der Waals surface area contributed by atoms with E-state index in [1.54, 1.807) is 7.11 Å². The van der Waals surface area contributed by atoms with Crippen LogP contribution in [0.5, 0.6) is 5.75 Å². The van der Waals surface area contributed by atoms with Gasteiger partial charge in [0, 0.05) is 12.6 Å². The van der Waals surface area contributed by atoms with Gasteiger partial charge in [0.05, 0.1) is 13.3 Å². The minimum absolute atomic E-state index is 0.133. The van der Waals surface area contributed by atoms with Crippen LogP contribution in [0.25, 0.3) is 0 Å². The van der Waals surface area contributed by atoms with E-state index in [4.69, 9.17) is 4.74 Å². The maximum atomic E-state index is 12.2. The van der Waals surface area contributed by atoms with Gasteiger partial charge in [0.15, 0.2) is 6.54 Å². The van der Waals surface area contributed by atoms with Gasteiger partial charge in [0.1, 0.15) is 31.9 Å². The third-order valence-electron chi connectivity index (χ3n) is 4.81. The van der Waals surface area contributed by atoms with Gasteiger partial charge < -0.3 is 15.0 Å². The summed E-state index contributed by atoms with van der Waals surface area (Å²) in [5.74, 6) is 2.14. The van der Waals surface area contributed by atoms with Gasteiger partial charge in [-0.15, -0.1) is 0 Å². The number of carbonyl (C=O) groups excluding carboxylic acids is 1. The first-order valence-corrected chi connectivity index (χ1v) is 9.19. The number of benzene rings is 1. The Bertz CT molecular complexity index is 683. The fourth-order valence-corrected chi connectivity index (χ4v) is 3.25. The Morgan fingerprint density at radius 2 is 1.96 bits per heavy atom. The number of aromatic nitrogens is 1. The van der Waals surface area contributed by atoms with E-state index in [2.05, 4.69) is 21.3 Å². The highest BCUT2D eigenvalue weighted by molar-refractivity contribution is 5.76. The van der Waals surface area contributed by atoms with E-state index in [9.17, 15) is 4.79 Å². The van der Waals surface area contributed by atoms with Crippen molar-refractivity contribution in [2.24, 2.45) is 0 Å². The van der Waals surface area contributed by atoms with Gasteiger partial charge in [-0.2, -0.15) is 0 Å². The molecule has 1 aromatic carbocycles. The zero-order chi connectivity index (χ0) is 18.2. The van der Waals surface area contributed by atoms with Gasteiger partial charge in [-0.05, 0) is 30.2 Å². The van der Waals surface area contributed by atoms with Crippen molar-refractivity contribution in [2.45, 2.75) is 6.42 Å². The Labute approximate surface area is 154 Å². The summed E-state index contributed by atoms with van der Waals surface area (Å²) in [6.07, 6.45) is 2.79. The van der Waals surface area contributed by atoms with Gasteiger partial charge in [0.25, 0.3) is 11.7 Å². The van der Waals surface area contributed by atoms with Gasteiger partial charge in [0.2, 0.25) is 0 Å². The highest BCUT2D eigenvalue weighted by Crippen LogP contribution is 2.11. The predicted molar refractivity (Wildman–Crippen MR) is 100 cm³/mol. The Morgan fingerprint density at radius 1 is 1.19 bits per heavy atom. The maximum absolute atomic E-state index is 12.2. The Balaban J connectivity index is 1.35. The molecule has 0 unspecified atom stereocenters. The van der Waals surface area contributed by atoms with Crippen LogP contribution in [0.1, 0.15) is 5.56 Å². The highest BCUT2D eigenvalue weighted by Gasteiger charge is 2.26. The second-order valence-corrected chi connectivity index (χ2v) is 6.61. The first-order chi connectivity index (χ1) is 12.7. The molecular formula is C20H28N4O2+2. The largest absolute Gasteiger partial charge is 0.497 e. The van der Waals surface area contributed by atoms with E-state index >= 15 is 0 Å². The SMILES string of the molecule is COc1ccc(CCNC(=O)C[NH+]2CCN(c3cccc[nH+]3)CC2)cc1. The lowest BCUT2D eigenvalue weighted by molar-refractivity contribution is -0.892. The number of nitrogens with one attached hydrogen (secondary N) is 3. The molecule has 0 bridgehead atoms. The van der Waals surface area contributed by atoms with Crippen LogP contribution in [0.4, 0.5) is 5.82 Å². The Hall–Kier alpha value is -2.60. The summed E-state index contributed by atoms with van der Waals surface area (Å²) in [5, 5.41) is 3.04. The van der Waals surface area contributed by atoms with Crippen molar-refractivity contribution in [3.8, 4) is 5.75 Å². The van der Waals surface area contributed by atoms with E-state index < -0.39 is 0 Å². The average molecular weight is 356 g/mol. The smallest absolute Gasteiger partial charge is 0.275 e. The van der Waals surface area contributed by atoms with Crippen molar-refractivity contribution < 1.29 is 19.4 Å². The summed E-state index contributed by atoms with van der Waals surface area (Å²) in [6.45, 7) is 5.12. The number of carbonyl (C=O) groups is 1. The Morgan fingerprint density at radius 3 is 2.62 bits per heavy atom. The molecule has 1 aliphatic rings. The van der Waals surface area contributed by atoms with Crippen LogP contribution < -0.4 is 24.8 Å². The predicted octanol–water partition coefficient (Wildman–Crippen LogP) is -0.427. The van der Waals surface area contributed by atoms with Crippen LogP contribution in [0, 0.1) is 0 Å². The molecule has 0 radical (unpaired) electrons. The van der Waals surface area contributed by atoms with Crippen molar-refractivity contribution in [1.29, 1.82) is 0 Å². The summed E-state index contributed by atoms with van der Waals surface area (Å²) in [6, 6.07) is 14.1. The van der Waals surface area contributed by atoms with E-state index in [0.717, 1.165) is 44.2 Å². The number of methoxy groups -OCH3 is 1. The van der Waals surface area contributed by atoms with Crippen LogP contribution in [0.15, 0.2) is 48.7 Å². The molecule has 1 aliphatic heterocycles. The van der Waals surface area contributed by atoms with E-state index in [0.29, 0.717) is 13.1 Å². The number of rotatable bonds is 7. The van der Waals surface area contributed by atoms with Gasteiger partial charge in [-0.3, -0.25) is 9.69 Å². The standard InChI is InChI=1S/C20H26N4O2/c1-26-18-7-5-17(6-8-18)9-11-22-20(25)16-23-12-14-24(15-13-23)19-4-2-3-10-21-19/h2-8,10H,9,11-16H2,1H3,(H,22,25)/p+2. The van der Waals surface area contributed by atoms with Crippen molar-refractivity contribution in [3.05, 3.63) is 54.2 Å². The number of piperazine rings is 1. The number of hydrogen-bond acceptors (Lipinski definition) is 3. The molecule has 1 aromatic heterocycles. The Kier molecular flexibility index (Phi) is 6.44. The summed E-state index contributed by atoms with van der Waals surface area (Å²) in [7, 11) is 1.66. The first kappa shape index (κ1) is 18.2. The number of anilines is 1. The maximum Gasteiger partial charge on any atom is 0.275 e. The number of aromatic amines is 1. The van der Waals surface area contributed by atoms with Gasteiger partial charge in [-0.25, -0.2) is 4.98 Å². The fourth-order valence-electron chi connectivity index (χ4n) is 3.25. The summed E-state index contributed by atoms with van der Waals surface area (Å²) >= 11 is 0. The quantitative estimate of drug-likeness (QED) is 0.708. The van der Waals surface area contributed by atoms with Crippen molar-refractivity contribution in [1.82, 2.24) is 5.32 Å². The molecule has 2 heterocycles. The molecule has 6 nitrogen and oxygen atoms in total. The third kappa shape index (κ3) is 5.20. The van der Waals surface area contributed by atoms with E-state index in [1.807, 2.05) is 42.6 Å². The minimum Gasteiger partial charge on any atom is -0.497 e. The molecule has 0 spiro atoms. The molecule has 138 valence electrons. The van der Waals surface area contributed by atoms with Gasteiger partial charge in [-0.1, -0.05) is 18.2 Å². The normalized spacial score (nSPS) is 14.9. The molecule has 0 saturated carbocycles. The van der Waals surface area contributed by atoms with Crippen LogP contribution in [-0.2, 0) is 11.2 Å². The number of amides is 1. The lowest BCUT2D eigenvalue weighted by Crippen LogP contribution is -3.16. The lowest BCUT2D eigenvalue weighted by Gasteiger charge is -2.27. The monoisotopic (exact) mass is 356 g/mol. The molecular weight excluding hydrogens is 328 g/mol. The highest BCUT2D eigenvalue weighted by atomic mass is 16.5. The number of nitrogens with zero attached hydrogens (tertiary/aromatic N) is 1. The van der Waals surface area contributed by atoms with Crippen LogP contribution in [0.3, 0.4) is 0 Å². The van der Waals surface area contributed by atoms with Crippen LogP contribution in [-0.4, -0.2) is 52.3 Å². The molecule has 6 heteroatoms. The molecule has 3 rings (SSSR count). The summed E-state index contributed by atoms with van der Waals surface area (Å²) < 4.78 is 5.15. The van der Waals surface area contributed by atoms with E-state index in [1.165, 1.54) is 10.5 Å². The van der Waals surface area contributed by atoms with Crippen LogP contribution in [0.2, 0.25) is 0 Å². The third-order valence-corrected chi connectivity index (χ3v) is 4.81. The molecule has 1 saturated heterocycles. The second-order valence-electron chi connectivity index (χ2n) is 6.61. The van der Waals surface area contributed by atoms with Crippen molar-refractivity contribution >= 4 is 11.7 Å². The molecule has 0 atom stereocenters. The lowest BCUT2D eigenvalue weighted by atomic mass is 10.1. The zero-order valence-electron chi connectivity index (χ0n) is 15.3. The molecule has 26 heavy (non-hydrogen) atoms.